The largest absolute Gasteiger partial charge is 0.496 e. The summed E-state index contributed by atoms with van der Waals surface area (Å²) in [7, 11) is 1.59. The van der Waals surface area contributed by atoms with Crippen LogP contribution in [0.1, 0.15) is 23.2 Å². The Morgan fingerprint density at radius 2 is 2.12 bits per heavy atom. The van der Waals surface area contributed by atoms with E-state index >= 15 is 0 Å². The summed E-state index contributed by atoms with van der Waals surface area (Å²) in [6.45, 7) is 1.74. The molecule has 3 aromatic rings. The Morgan fingerprint density at radius 3 is 2.88 bits per heavy atom. The van der Waals surface area contributed by atoms with Crippen molar-refractivity contribution in [3.63, 3.8) is 0 Å². The molecule has 0 unspecified atom stereocenters. The first-order valence-corrected chi connectivity index (χ1v) is 7.26. The number of para-hydroxylation sites is 1. The van der Waals surface area contributed by atoms with Gasteiger partial charge in [-0.3, -0.25) is 9.89 Å². The minimum atomic E-state index is -0.394. The molecule has 24 heavy (non-hydrogen) atoms. The molecule has 2 heterocycles. The molecule has 122 valence electrons. The third kappa shape index (κ3) is 3.19. The van der Waals surface area contributed by atoms with Gasteiger partial charge in [0, 0.05) is 5.56 Å². The molecule has 2 aromatic heterocycles. The molecule has 0 saturated carbocycles. The van der Waals surface area contributed by atoms with E-state index in [0.717, 1.165) is 5.56 Å². The number of hydrogen-bond acceptors (Lipinski definition) is 5. The second kappa shape index (κ2) is 6.82. The second-order valence-corrected chi connectivity index (χ2v) is 4.98. The summed E-state index contributed by atoms with van der Waals surface area (Å²) < 4.78 is 10.5. The van der Waals surface area contributed by atoms with Crippen LogP contribution in [0.2, 0.25) is 0 Å². The third-order valence-electron chi connectivity index (χ3n) is 3.41. The third-order valence-corrected chi connectivity index (χ3v) is 3.41. The van der Waals surface area contributed by atoms with Crippen molar-refractivity contribution in [2.45, 2.75) is 6.92 Å². The summed E-state index contributed by atoms with van der Waals surface area (Å²) in [5, 5.41) is 10.9. The van der Waals surface area contributed by atoms with Gasteiger partial charge in [-0.15, -0.1) is 0 Å². The number of hydrogen-bond donors (Lipinski definition) is 2. The average molecular weight is 324 g/mol. The fraction of sp³-hybridized carbons (Fsp3) is 0.118. The maximum atomic E-state index is 12.2. The smallest absolute Gasteiger partial charge is 0.289 e. The molecule has 7 nitrogen and oxygen atoms in total. The molecule has 1 amide bonds. The van der Waals surface area contributed by atoms with Crippen LogP contribution in [-0.4, -0.2) is 28.9 Å². The van der Waals surface area contributed by atoms with Crippen LogP contribution >= 0.6 is 0 Å². The molecule has 0 bridgehead atoms. The summed E-state index contributed by atoms with van der Waals surface area (Å²) >= 11 is 0. The number of amides is 1. The van der Waals surface area contributed by atoms with E-state index in [2.05, 4.69) is 20.7 Å². The quantitative estimate of drug-likeness (QED) is 0.557. The van der Waals surface area contributed by atoms with E-state index in [1.807, 2.05) is 24.3 Å². The molecule has 0 aliphatic heterocycles. The fourth-order valence-corrected chi connectivity index (χ4v) is 2.17. The summed E-state index contributed by atoms with van der Waals surface area (Å²) in [5.41, 5.74) is 4.74. The number of ether oxygens (including phenoxy) is 1. The predicted molar refractivity (Wildman–Crippen MR) is 89.0 cm³/mol. The van der Waals surface area contributed by atoms with Gasteiger partial charge in [-0.05, 0) is 37.3 Å². The molecule has 0 radical (unpaired) electrons. The highest BCUT2D eigenvalue weighted by molar-refractivity contribution is 5.98. The lowest BCUT2D eigenvalue weighted by Crippen LogP contribution is -2.19. The maximum Gasteiger partial charge on any atom is 0.289 e. The molecule has 7 heteroatoms. The number of nitrogens with one attached hydrogen (secondary N) is 2. The van der Waals surface area contributed by atoms with E-state index in [4.69, 9.17) is 9.15 Å². The number of aromatic amines is 1. The van der Waals surface area contributed by atoms with Crippen LogP contribution in [0.25, 0.3) is 11.3 Å². The Bertz CT molecular complexity index is 866. The van der Waals surface area contributed by atoms with Crippen molar-refractivity contribution in [3.05, 3.63) is 60.2 Å². The van der Waals surface area contributed by atoms with E-state index in [-0.39, 0.29) is 0 Å². The van der Waals surface area contributed by atoms with E-state index < -0.39 is 5.91 Å². The molecular formula is C17H16N4O3. The SMILES string of the molecule is COc1ccccc1-c1cc(C(=O)NN=C(C)c2ccco2)[nH]n1. The molecular weight excluding hydrogens is 308 g/mol. The van der Waals surface area contributed by atoms with Crippen molar-refractivity contribution in [2.75, 3.05) is 7.11 Å². The Balaban J connectivity index is 1.76. The van der Waals surface area contributed by atoms with Crippen molar-refractivity contribution in [1.82, 2.24) is 15.6 Å². The van der Waals surface area contributed by atoms with Crippen molar-refractivity contribution in [2.24, 2.45) is 5.10 Å². The van der Waals surface area contributed by atoms with Crippen LogP contribution in [0, 0.1) is 0 Å². The summed E-state index contributed by atoms with van der Waals surface area (Å²) in [6.07, 6.45) is 1.55. The van der Waals surface area contributed by atoms with E-state index in [1.165, 1.54) is 0 Å². The van der Waals surface area contributed by atoms with E-state index in [9.17, 15) is 4.79 Å². The Hall–Kier alpha value is -3.35. The number of nitrogens with zero attached hydrogens (tertiary/aromatic N) is 2. The maximum absolute atomic E-state index is 12.2. The van der Waals surface area contributed by atoms with Crippen LogP contribution in [0.3, 0.4) is 0 Å². The lowest BCUT2D eigenvalue weighted by molar-refractivity contribution is 0.0950. The number of hydrazone groups is 1. The van der Waals surface area contributed by atoms with Gasteiger partial charge in [0.15, 0.2) is 0 Å². The first kappa shape index (κ1) is 15.5. The second-order valence-electron chi connectivity index (χ2n) is 4.98. The number of H-pyrrole nitrogens is 1. The van der Waals surface area contributed by atoms with Crippen molar-refractivity contribution in [1.29, 1.82) is 0 Å². The molecule has 0 saturated heterocycles. The topological polar surface area (TPSA) is 92.5 Å². The number of carbonyl (C=O) groups excluding carboxylic acids is 1. The molecule has 0 aliphatic rings. The normalized spacial score (nSPS) is 11.3. The fourth-order valence-electron chi connectivity index (χ4n) is 2.17. The van der Waals surface area contributed by atoms with Gasteiger partial charge in [0.25, 0.3) is 5.91 Å². The highest BCUT2D eigenvalue weighted by Crippen LogP contribution is 2.28. The van der Waals surface area contributed by atoms with Crippen molar-refractivity contribution in [3.8, 4) is 17.0 Å². The summed E-state index contributed by atoms with van der Waals surface area (Å²) in [4.78, 5) is 12.2. The van der Waals surface area contributed by atoms with Gasteiger partial charge in [0.1, 0.15) is 22.9 Å². The van der Waals surface area contributed by atoms with Crippen LogP contribution in [0.4, 0.5) is 0 Å². The van der Waals surface area contributed by atoms with Crippen LogP contribution < -0.4 is 10.2 Å². The van der Waals surface area contributed by atoms with Gasteiger partial charge < -0.3 is 9.15 Å². The molecule has 0 spiro atoms. The highest BCUT2D eigenvalue weighted by atomic mass is 16.5. The van der Waals surface area contributed by atoms with Gasteiger partial charge >= 0.3 is 0 Å². The molecule has 0 aliphatic carbocycles. The summed E-state index contributed by atoms with van der Waals surface area (Å²) in [5.74, 6) is 0.881. The molecule has 1 aromatic carbocycles. The minimum Gasteiger partial charge on any atom is -0.496 e. The predicted octanol–water partition coefficient (Wildman–Crippen LogP) is 2.83. The van der Waals surface area contributed by atoms with Gasteiger partial charge in [-0.2, -0.15) is 10.2 Å². The summed E-state index contributed by atoms with van der Waals surface area (Å²) in [6, 6.07) is 12.6. The lowest BCUT2D eigenvalue weighted by Gasteiger charge is -2.04. The number of rotatable bonds is 5. The molecule has 0 fully saturated rings. The Labute approximate surface area is 138 Å². The van der Waals surface area contributed by atoms with Crippen molar-refractivity contribution < 1.29 is 13.9 Å². The zero-order valence-electron chi connectivity index (χ0n) is 13.2. The van der Waals surface area contributed by atoms with Gasteiger partial charge in [-0.25, -0.2) is 5.43 Å². The number of methoxy groups -OCH3 is 1. The number of aromatic nitrogens is 2. The average Bonchev–Trinajstić information content (AvgIpc) is 3.30. The number of furan rings is 1. The van der Waals surface area contributed by atoms with Crippen LogP contribution in [0.15, 0.2) is 58.2 Å². The monoisotopic (exact) mass is 324 g/mol. The standard InChI is InChI=1S/C17H16N4O3/c1-11(15-8-5-9-24-15)18-21-17(22)14-10-13(19-20-14)12-6-3-4-7-16(12)23-2/h3-10H,1-2H3,(H,19,20)(H,21,22). The first-order chi connectivity index (χ1) is 11.7. The lowest BCUT2D eigenvalue weighted by atomic mass is 10.1. The van der Waals surface area contributed by atoms with Gasteiger partial charge in [-0.1, -0.05) is 12.1 Å². The van der Waals surface area contributed by atoms with Crippen LogP contribution in [-0.2, 0) is 0 Å². The van der Waals surface area contributed by atoms with E-state index in [1.54, 1.807) is 38.5 Å². The number of benzene rings is 1. The first-order valence-electron chi connectivity index (χ1n) is 7.26. The highest BCUT2D eigenvalue weighted by Gasteiger charge is 2.13. The Kier molecular flexibility index (Phi) is 4.42. The minimum absolute atomic E-state index is 0.298. The van der Waals surface area contributed by atoms with Gasteiger partial charge in [0.2, 0.25) is 0 Å². The molecule has 3 rings (SSSR count). The van der Waals surface area contributed by atoms with Crippen LogP contribution in [0.5, 0.6) is 5.75 Å². The Morgan fingerprint density at radius 1 is 1.29 bits per heavy atom. The van der Waals surface area contributed by atoms with E-state index in [0.29, 0.717) is 28.6 Å². The molecule has 2 N–H and O–H groups in total. The zero-order chi connectivity index (χ0) is 16.9. The van der Waals surface area contributed by atoms with Crippen molar-refractivity contribution >= 4 is 11.6 Å². The molecule has 0 atom stereocenters. The zero-order valence-corrected chi connectivity index (χ0v) is 13.2. The number of carbonyl (C=O) groups is 1. The van der Waals surface area contributed by atoms with Gasteiger partial charge in [0.05, 0.1) is 19.1 Å².